The van der Waals surface area contributed by atoms with Crippen LogP contribution in [0, 0.1) is 0 Å². The normalized spacial score (nSPS) is 17.3. The van der Waals surface area contributed by atoms with Crippen molar-refractivity contribution >= 4 is 11.8 Å². The maximum absolute atomic E-state index is 5.68. The van der Waals surface area contributed by atoms with Crippen molar-refractivity contribution in [1.29, 1.82) is 0 Å². The van der Waals surface area contributed by atoms with Gasteiger partial charge in [0.1, 0.15) is 5.82 Å². The Bertz CT molecular complexity index is 544. The third kappa shape index (κ3) is 7.58. The van der Waals surface area contributed by atoms with Crippen LogP contribution >= 0.6 is 0 Å². The number of anilines is 1. The fraction of sp³-hybridized carbons (Fsp3) is 0.684. The van der Waals surface area contributed by atoms with Gasteiger partial charge in [-0.05, 0) is 38.3 Å². The molecule has 0 bridgehead atoms. The van der Waals surface area contributed by atoms with E-state index >= 15 is 0 Å². The van der Waals surface area contributed by atoms with E-state index in [1.165, 1.54) is 0 Å². The average molecular weight is 364 g/mol. The van der Waals surface area contributed by atoms with Crippen molar-refractivity contribution in [3.05, 3.63) is 23.9 Å². The van der Waals surface area contributed by atoms with Gasteiger partial charge in [0.2, 0.25) is 0 Å². The molecule has 2 rings (SSSR count). The molecule has 2 heterocycles. The monoisotopic (exact) mass is 363 g/mol. The summed E-state index contributed by atoms with van der Waals surface area (Å²) in [4.78, 5) is 11.2. The summed E-state index contributed by atoms with van der Waals surface area (Å²) >= 11 is 0. The van der Waals surface area contributed by atoms with Crippen LogP contribution < -0.4 is 15.5 Å². The van der Waals surface area contributed by atoms with Crippen LogP contribution in [-0.2, 0) is 16.0 Å². The van der Waals surface area contributed by atoms with Gasteiger partial charge in [0.05, 0.1) is 24.9 Å². The molecular formula is C19H33N5O2. The molecule has 0 aromatic carbocycles. The highest BCUT2D eigenvalue weighted by Crippen LogP contribution is 2.12. The fourth-order valence-corrected chi connectivity index (χ4v) is 2.68. The number of aliphatic imine (C=N–C) groups is 1. The molecule has 0 radical (unpaired) electrons. The van der Waals surface area contributed by atoms with Gasteiger partial charge >= 0.3 is 0 Å². The molecule has 146 valence electrons. The standard InChI is InChI=1S/C19H33N5O2/c1-4-20-19(21-11-7-12-25-15-17-9-6-13-26-17)22-14-16-8-5-10-18(23-16)24(2)3/h5,8,10,17H,4,6-7,9,11-15H2,1-3H3,(H2,20,21,22). The molecule has 1 atom stereocenters. The van der Waals surface area contributed by atoms with Gasteiger partial charge in [-0.1, -0.05) is 6.07 Å². The van der Waals surface area contributed by atoms with Crippen molar-refractivity contribution in [2.24, 2.45) is 4.99 Å². The molecule has 0 amide bonds. The zero-order valence-electron chi connectivity index (χ0n) is 16.3. The smallest absolute Gasteiger partial charge is 0.191 e. The van der Waals surface area contributed by atoms with Crippen molar-refractivity contribution in [2.45, 2.75) is 38.8 Å². The summed E-state index contributed by atoms with van der Waals surface area (Å²) in [6.45, 7) is 6.58. The lowest BCUT2D eigenvalue weighted by Crippen LogP contribution is -2.38. The number of rotatable bonds is 10. The molecule has 1 aromatic heterocycles. The van der Waals surface area contributed by atoms with E-state index in [9.17, 15) is 0 Å². The second kappa shape index (κ2) is 11.7. The minimum atomic E-state index is 0.298. The van der Waals surface area contributed by atoms with Crippen LogP contribution in [0.4, 0.5) is 5.82 Å². The number of hydrogen-bond donors (Lipinski definition) is 2. The number of aromatic nitrogens is 1. The Kier molecular flexibility index (Phi) is 9.20. The first-order valence-electron chi connectivity index (χ1n) is 9.54. The Labute approximate surface area is 157 Å². The lowest BCUT2D eigenvalue weighted by molar-refractivity contribution is 0.0168. The van der Waals surface area contributed by atoms with E-state index in [-0.39, 0.29) is 0 Å². The molecule has 1 aliphatic rings. The molecule has 1 aliphatic heterocycles. The predicted octanol–water partition coefficient (Wildman–Crippen LogP) is 1.79. The molecule has 7 heteroatoms. The highest BCUT2D eigenvalue weighted by atomic mass is 16.5. The van der Waals surface area contributed by atoms with E-state index < -0.39 is 0 Å². The Morgan fingerprint density at radius 3 is 3.00 bits per heavy atom. The number of hydrogen-bond acceptors (Lipinski definition) is 5. The Morgan fingerprint density at radius 2 is 2.27 bits per heavy atom. The van der Waals surface area contributed by atoms with Crippen LogP contribution in [0.2, 0.25) is 0 Å². The van der Waals surface area contributed by atoms with E-state index in [1.807, 2.05) is 37.2 Å². The first-order valence-corrected chi connectivity index (χ1v) is 9.54. The van der Waals surface area contributed by atoms with Crippen LogP contribution in [0.3, 0.4) is 0 Å². The van der Waals surface area contributed by atoms with Crippen LogP contribution in [0.15, 0.2) is 23.2 Å². The number of guanidine groups is 1. The molecule has 2 N–H and O–H groups in total. The summed E-state index contributed by atoms with van der Waals surface area (Å²) in [6, 6.07) is 6.01. The highest BCUT2D eigenvalue weighted by Gasteiger charge is 2.14. The quantitative estimate of drug-likeness (QED) is 0.375. The number of ether oxygens (including phenoxy) is 2. The van der Waals surface area contributed by atoms with Gasteiger partial charge in [-0.25, -0.2) is 9.98 Å². The first-order chi connectivity index (χ1) is 12.7. The van der Waals surface area contributed by atoms with Crippen molar-refractivity contribution in [1.82, 2.24) is 15.6 Å². The maximum Gasteiger partial charge on any atom is 0.191 e. The average Bonchev–Trinajstić information content (AvgIpc) is 3.16. The van der Waals surface area contributed by atoms with Crippen molar-refractivity contribution < 1.29 is 9.47 Å². The fourth-order valence-electron chi connectivity index (χ4n) is 2.68. The molecule has 1 saturated heterocycles. The van der Waals surface area contributed by atoms with Crippen molar-refractivity contribution in [3.8, 4) is 0 Å². The van der Waals surface area contributed by atoms with Crippen LogP contribution in [0.25, 0.3) is 0 Å². The van der Waals surface area contributed by atoms with E-state index in [0.29, 0.717) is 19.3 Å². The SMILES string of the molecule is CCNC(=NCc1cccc(N(C)C)n1)NCCCOCC1CCCO1. The van der Waals surface area contributed by atoms with Crippen LogP contribution in [0.1, 0.15) is 31.9 Å². The second-order valence-corrected chi connectivity index (χ2v) is 6.57. The summed E-state index contributed by atoms with van der Waals surface area (Å²) in [5.41, 5.74) is 0.952. The molecule has 1 fully saturated rings. The predicted molar refractivity (Wildman–Crippen MR) is 106 cm³/mol. The Balaban J connectivity index is 1.69. The number of nitrogens with zero attached hydrogens (tertiary/aromatic N) is 3. The lowest BCUT2D eigenvalue weighted by atomic mass is 10.2. The van der Waals surface area contributed by atoms with Crippen LogP contribution in [-0.4, -0.2) is 64.1 Å². The highest BCUT2D eigenvalue weighted by molar-refractivity contribution is 5.79. The Morgan fingerprint density at radius 1 is 1.38 bits per heavy atom. The van der Waals surface area contributed by atoms with E-state index in [1.54, 1.807) is 0 Å². The summed E-state index contributed by atoms with van der Waals surface area (Å²) in [6.07, 6.45) is 3.52. The first kappa shape index (κ1) is 20.5. The van der Waals surface area contributed by atoms with Gasteiger partial charge in [0.15, 0.2) is 5.96 Å². The summed E-state index contributed by atoms with van der Waals surface area (Å²) in [5.74, 6) is 1.75. The van der Waals surface area contributed by atoms with E-state index in [4.69, 9.17) is 9.47 Å². The minimum Gasteiger partial charge on any atom is -0.379 e. The van der Waals surface area contributed by atoms with Gasteiger partial charge in [0, 0.05) is 40.4 Å². The van der Waals surface area contributed by atoms with Crippen molar-refractivity contribution in [3.63, 3.8) is 0 Å². The molecule has 7 nitrogen and oxygen atoms in total. The molecule has 0 aliphatic carbocycles. The van der Waals surface area contributed by atoms with Gasteiger partial charge in [-0.15, -0.1) is 0 Å². The van der Waals surface area contributed by atoms with Gasteiger partial charge in [-0.3, -0.25) is 0 Å². The third-order valence-corrected chi connectivity index (χ3v) is 4.08. The topological polar surface area (TPSA) is 71.0 Å². The van der Waals surface area contributed by atoms with Gasteiger partial charge in [0.25, 0.3) is 0 Å². The lowest BCUT2D eigenvalue weighted by Gasteiger charge is -2.13. The molecule has 1 unspecified atom stereocenters. The van der Waals surface area contributed by atoms with E-state index in [0.717, 1.165) is 63.0 Å². The van der Waals surface area contributed by atoms with E-state index in [2.05, 4.69) is 27.5 Å². The summed E-state index contributed by atoms with van der Waals surface area (Å²) < 4.78 is 11.2. The maximum atomic E-state index is 5.68. The number of pyridine rings is 1. The molecule has 26 heavy (non-hydrogen) atoms. The summed E-state index contributed by atoms with van der Waals surface area (Å²) in [7, 11) is 3.98. The molecular weight excluding hydrogens is 330 g/mol. The Hall–Kier alpha value is -1.86. The number of nitrogens with one attached hydrogen (secondary N) is 2. The largest absolute Gasteiger partial charge is 0.379 e. The molecule has 1 aromatic rings. The zero-order chi connectivity index (χ0) is 18.6. The molecule has 0 saturated carbocycles. The van der Waals surface area contributed by atoms with Gasteiger partial charge < -0.3 is 25.0 Å². The summed E-state index contributed by atoms with van der Waals surface area (Å²) in [5, 5.41) is 6.61. The zero-order valence-corrected chi connectivity index (χ0v) is 16.3. The van der Waals surface area contributed by atoms with Crippen LogP contribution in [0.5, 0.6) is 0 Å². The van der Waals surface area contributed by atoms with Crippen molar-refractivity contribution in [2.75, 3.05) is 51.9 Å². The second-order valence-electron chi connectivity index (χ2n) is 6.57. The van der Waals surface area contributed by atoms with Gasteiger partial charge in [-0.2, -0.15) is 0 Å². The third-order valence-electron chi connectivity index (χ3n) is 4.08. The molecule has 0 spiro atoms. The minimum absolute atomic E-state index is 0.298.